The van der Waals surface area contributed by atoms with Crippen molar-refractivity contribution in [1.29, 1.82) is 10.5 Å². The number of rotatable bonds is 9. The predicted octanol–water partition coefficient (Wildman–Crippen LogP) is 1.50. The molecular formula is C21H28N4O3S. The van der Waals surface area contributed by atoms with Crippen LogP contribution < -0.4 is 4.74 Å². The van der Waals surface area contributed by atoms with Gasteiger partial charge in [0.25, 0.3) is 0 Å². The molecule has 0 aliphatic carbocycles. The number of nitriles is 2. The molecule has 156 valence electrons. The fourth-order valence-corrected chi connectivity index (χ4v) is 5.16. The van der Waals surface area contributed by atoms with Crippen molar-refractivity contribution in [2.75, 3.05) is 57.4 Å². The van der Waals surface area contributed by atoms with Crippen LogP contribution in [0.3, 0.4) is 0 Å². The summed E-state index contributed by atoms with van der Waals surface area (Å²) < 4.78 is 29.0. The number of sulfone groups is 1. The Kier molecular flexibility index (Phi) is 7.13. The zero-order valence-corrected chi connectivity index (χ0v) is 17.7. The summed E-state index contributed by atoms with van der Waals surface area (Å²) in [5.41, 5.74) is 0.848. The van der Waals surface area contributed by atoms with Crippen molar-refractivity contribution in [2.45, 2.75) is 13.3 Å². The van der Waals surface area contributed by atoms with E-state index in [1.165, 1.54) is 0 Å². The molecule has 2 aliphatic rings. The van der Waals surface area contributed by atoms with Crippen LogP contribution in [0.2, 0.25) is 0 Å². The molecule has 2 atom stereocenters. The standard InChI is InChI=1S/C21H28N4O3S/c1-2-29(26,27)9-3-6-24-13-19-15-25(16-20(19)14-24)7-8-28-21-5-4-17(11-22)10-18(21)12-23/h4-5,10,19-20H,2-3,6-9,13-16H2,1H3. The number of fused-ring (bicyclic) bond motifs is 1. The van der Waals surface area contributed by atoms with Gasteiger partial charge in [0.05, 0.1) is 22.9 Å². The SMILES string of the molecule is CCS(=O)(=O)CCCN1CC2CN(CCOc3ccc(C#N)cc3C#N)CC2C1. The first-order chi connectivity index (χ1) is 13.9. The maximum absolute atomic E-state index is 11.6. The predicted molar refractivity (Wildman–Crippen MR) is 110 cm³/mol. The van der Waals surface area contributed by atoms with Gasteiger partial charge < -0.3 is 9.64 Å². The molecule has 0 saturated carbocycles. The number of hydrogen-bond acceptors (Lipinski definition) is 7. The van der Waals surface area contributed by atoms with Crippen LogP contribution in [0, 0.1) is 34.5 Å². The Hall–Kier alpha value is -2.13. The zero-order chi connectivity index (χ0) is 20.9. The van der Waals surface area contributed by atoms with E-state index in [1.807, 2.05) is 6.07 Å². The average molecular weight is 417 g/mol. The van der Waals surface area contributed by atoms with Crippen molar-refractivity contribution < 1.29 is 13.2 Å². The molecule has 0 N–H and O–H groups in total. The van der Waals surface area contributed by atoms with Crippen LogP contribution in [0.5, 0.6) is 5.75 Å². The van der Waals surface area contributed by atoms with E-state index in [9.17, 15) is 13.7 Å². The molecule has 8 heteroatoms. The Morgan fingerprint density at radius 1 is 1.07 bits per heavy atom. The fraction of sp³-hybridized carbons (Fsp3) is 0.619. The van der Waals surface area contributed by atoms with E-state index in [1.54, 1.807) is 25.1 Å². The van der Waals surface area contributed by atoms with Crippen LogP contribution in [0.15, 0.2) is 18.2 Å². The van der Waals surface area contributed by atoms with Crippen LogP contribution in [-0.4, -0.2) is 75.6 Å². The topological polar surface area (TPSA) is 97.4 Å². The first kappa shape index (κ1) is 21.6. The molecule has 2 fully saturated rings. The lowest BCUT2D eigenvalue weighted by Crippen LogP contribution is -2.32. The molecule has 0 bridgehead atoms. The molecule has 3 rings (SSSR count). The third kappa shape index (κ3) is 5.70. The van der Waals surface area contributed by atoms with Crippen LogP contribution >= 0.6 is 0 Å². The summed E-state index contributed by atoms with van der Waals surface area (Å²) in [4.78, 5) is 4.81. The monoisotopic (exact) mass is 416 g/mol. The average Bonchev–Trinajstić information content (AvgIpc) is 3.26. The summed E-state index contributed by atoms with van der Waals surface area (Å²) in [6.45, 7) is 8.06. The van der Waals surface area contributed by atoms with Gasteiger partial charge in [0, 0.05) is 38.5 Å². The Morgan fingerprint density at radius 3 is 2.31 bits per heavy atom. The van der Waals surface area contributed by atoms with Gasteiger partial charge in [-0.2, -0.15) is 10.5 Å². The minimum atomic E-state index is -2.87. The van der Waals surface area contributed by atoms with E-state index >= 15 is 0 Å². The van der Waals surface area contributed by atoms with Gasteiger partial charge in [-0.15, -0.1) is 0 Å². The zero-order valence-electron chi connectivity index (χ0n) is 16.9. The Balaban J connectivity index is 1.38. The Labute approximate surface area is 173 Å². The summed E-state index contributed by atoms with van der Waals surface area (Å²) in [6, 6.07) is 9.01. The third-order valence-electron chi connectivity index (χ3n) is 5.90. The summed E-state index contributed by atoms with van der Waals surface area (Å²) in [5.74, 6) is 2.33. The molecule has 2 heterocycles. The highest BCUT2D eigenvalue weighted by atomic mass is 32.2. The van der Waals surface area contributed by atoms with E-state index in [-0.39, 0.29) is 5.75 Å². The number of likely N-dealkylation sites (tertiary alicyclic amines) is 2. The van der Waals surface area contributed by atoms with Gasteiger partial charge >= 0.3 is 0 Å². The first-order valence-corrected chi connectivity index (χ1v) is 12.0. The summed E-state index contributed by atoms with van der Waals surface area (Å²) >= 11 is 0. The van der Waals surface area contributed by atoms with Crippen molar-refractivity contribution >= 4 is 9.84 Å². The lowest BCUT2D eigenvalue weighted by Gasteiger charge is -2.21. The largest absolute Gasteiger partial charge is 0.491 e. The smallest absolute Gasteiger partial charge is 0.150 e. The van der Waals surface area contributed by atoms with Crippen molar-refractivity contribution in [3.05, 3.63) is 29.3 Å². The molecule has 1 aromatic carbocycles. The summed E-state index contributed by atoms with van der Waals surface area (Å²) in [6.07, 6.45) is 0.721. The van der Waals surface area contributed by atoms with Crippen molar-refractivity contribution in [3.8, 4) is 17.9 Å². The van der Waals surface area contributed by atoms with E-state index in [0.717, 1.165) is 45.7 Å². The number of hydrogen-bond donors (Lipinski definition) is 0. The second kappa shape index (κ2) is 9.58. The van der Waals surface area contributed by atoms with Gasteiger partial charge in [0.2, 0.25) is 0 Å². The number of ether oxygens (including phenoxy) is 1. The molecule has 2 saturated heterocycles. The normalized spacial score (nSPS) is 22.2. The maximum atomic E-state index is 11.6. The Bertz CT molecular complexity index is 889. The van der Waals surface area contributed by atoms with E-state index in [2.05, 4.69) is 15.9 Å². The molecule has 0 spiro atoms. The van der Waals surface area contributed by atoms with Gasteiger partial charge in [-0.05, 0) is 43.0 Å². The maximum Gasteiger partial charge on any atom is 0.150 e. The van der Waals surface area contributed by atoms with Crippen molar-refractivity contribution in [1.82, 2.24) is 9.80 Å². The van der Waals surface area contributed by atoms with Crippen molar-refractivity contribution in [2.24, 2.45) is 11.8 Å². The molecule has 29 heavy (non-hydrogen) atoms. The molecule has 0 amide bonds. The lowest BCUT2D eigenvalue weighted by atomic mass is 10.0. The van der Waals surface area contributed by atoms with E-state index < -0.39 is 9.84 Å². The second-order valence-corrected chi connectivity index (χ2v) is 10.4. The third-order valence-corrected chi connectivity index (χ3v) is 7.69. The minimum absolute atomic E-state index is 0.230. The van der Waals surface area contributed by atoms with Gasteiger partial charge in [0.15, 0.2) is 0 Å². The molecule has 1 aromatic rings. The quantitative estimate of drug-likeness (QED) is 0.602. The highest BCUT2D eigenvalue weighted by Crippen LogP contribution is 2.31. The van der Waals surface area contributed by atoms with Crippen LogP contribution in [-0.2, 0) is 9.84 Å². The number of nitrogens with zero attached hydrogens (tertiary/aromatic N) is 4. The van der Waals surface area contributed by atoms with Gasteiger partial charge in [-0.3, -0.25) is 4.90 Å². The fourth-order valence-electron chi connectivity index (χ4n) is 4.30. The summed E-state index contributed by atoms with van der Waals surface area (Å²) in [5, 5.41) is 18.1. The first-order valence-electron chi connectivity index (χ1n) is 10.2. The van der Waals surface area contributed by atoms with Crippen LogP contribution in [0.1, 0.15) is 24.5 Å². The molecule has 7 nitrogen and oxygen atoms in total. The highest BCUT2D eigenvalue weighted by Gasteiger charge is 2.39. The molecule has 0 aromatic heterocycles. The minimum Gasteiger partial charge on any atom is -0.491 e. The molecule has 2 unspecified atom stereocenters. The van der Waals surface area contributed by atoms with Crippen LogP contribution in [0.4, 0.5) is 0 Å². The lowest BCUT2D eigenvalue weighted by molar-refractivity contribution is 0.211. The number of benzene rings is 1. The van der Waals surface area contributed by atoms with Gasteiger partial charge in [-0.1, -0.05) is 6.92 Å². The molecular weight excluding hydrogens is 388 g/mol. The second-order valence-electron chi connectivity index (χ2n) is 7.91. The molecule has 2 aliphatic heterocycles. The van der Waals surface area contributed by atoms with Crippen LogP contribution in [0.25, 0.3) is 0 Å². The van der Waals surface area contributed by atoms with E-state index in [4.69, 9.17) is 10.00 Å². The van der Waals surface area contributed by atoms with E-state index in [0.29, 0.717) is 41.1 Å². The highest BCUT2D eigenvalue weighted by molar-refractivity contribution is 7.91. The van der Waals surface area contributed by atoms with Gasteiger partial charge in [0.1, 0.15) is 28.3 Å². The molecule has 0 radical (unpaired) electrons. The van der Waals surface area contributed by atoms with Gasteiger partial charge in [-0.25, -0.2) is 8.42 Å². The Morgan fingerprint density at radius 2 is 1.72 bits per heavy atom. The summed E-state index contributed by atoms with van der Waals surface area (Å²) in [7, 11) is -2.87. The van der Waals surface area contributed by atoms with Crippen molar-refractivity contribution in [3.63, 3.8) is 0 Å².